The molecule has 2 aromatic rings. The van der Waals surface area contributed by atoms with Gasteiger partial charge in [-0.2, -0.15) is 0 Å². The highest BCUT2D eigenvalue weighted by molar-refractivity contribution is 5.62. The van der Waals surface area contributed by atoms with Crippen molar-refractivity contribution < 1.29 is 0 Å². The van der Waals surface area contributed by atoms with Crippen molar-refractivity contribution in [1.82, 2.24) is 9.97 Å². The Kier molecular flexibility index (Phi) is 5.10. The lowest BCUT2D eigenvalue weighted by Crippen LogP contribution is -2.06. The maximum Gasteiger partial charge on any atom is 0.162 e. The number of aromatic nitrogens is 2. The molecule has 0 bridgehead atoms. The summed E-state index contributed by atoms with van der Waals surface area (Å²) in [6, 6.07) is 10.4. The van der Waals surface area contributed by atoms with Crippen LogP contribution in [0.3, 0.4) is 0 Å². The SMILES string of the molecule is CCCNc1cc(CC)nc(-c2ccccc2CC)n1. The molecule has 0 saturated heterocycles. The summed E-state index contributed by atoms with van der Waals surface area (Å²) in [7, 11) is 0. The largest absolute Gasteiger partial charge is 0.370 e. The Morgan fingerprint density at radius 2 is 1.80 bits per heavy atom. The third-order valence-electron chi connectivity index (χ3n) is 3.34. The summed E-state index contributed by atoms with van der Waals surface area (Å²) in [5, 5.41) is 3.37. The second-order valence-corrected chi connectivity index (χ2v) is 4.86. The van der Waals surface area contributed by atoms with Gasteiger partial charge in [0.15, 0.2) is 5.82 Å². The summed E-state index contributed by atoms with van der Waals surface area (Å²) in [6.07, 6.45) is 3.00. The van der Waals surface area contributed by atoms with Gasteiger partial charge in [-0.05, 0) is 24.8 Å². The number of nitrogens with one attached hydrogen (secondary N) is 1. The zero-order valence-electron chi connectivity index (χ0n) is 12.6. The maximum atomic E-state index is 4.69. The fourth-order valence-corrected chi connectivity index (χ4v) is 2.19. The van der Waals surface area contributed by atoms with E-state index in [4.69, 9.17) is 0 Å². The number of hydrogen-bond acceptors (Lipinski definition) is 3. The van der Waals surface area contributed by atoms with Crippen molar-refractivity contribution >= 4 is 5.82 Å². The first-order valence-corrected chi connectivity index (χ1v) is 7.48. The number of hydrogen-bond donors (Lipinski definition) is 1. The van der Waals surface area contributed by atoms with Gasteiger partial charge in [-0.3, -0.25) is 0 Å². The highest BCUT2D eigenvalue weighted by atomic mass is 15.0. The third kappa shape index (κ3) is 3.35. The number of anilines is 1. The normalized spacial score (nSPS) is 10.6. The summed E-state index contributed by atoms with van der Waals surface area (Å²) in [5.41, 5.74) is 3.52. The van der Waals surface area contributed by atoms with Gasteiger partial charge in [0, 0.05) is 23.9 Å². The first-order chi connectivity index (χ1) is 9.78. The summed E-state index contributed by atoms with van der Waals surface area (Å²) in [6.45, 7) is 7.39. The van der Waals surface area contributed by atoms with Crippen molar-refractivity contribution in [3.63, 3.8) is 0 Å². The lowest BCUT2D eigenvalue weighted by Gasteiger charge is -2.11. The van der Waals surface area contributed by atoms with Gasteiger partial charge >= 0.3 is 0 Å². The summed E-state index contributed by atoms with van der Waals surface area (Å²) in [5.74, 6) is 1.76. The van der Waals surface area contributed by atoms with Crippen molar-refractivity contribution in [2.45, 2.75) is 40.0 Å². The van der Waals surface area contributed by atoms with Gasteiger partial charge in [-0.15, -0.1) is 0 Å². The van der Waals surface area contributed by atoms with E-state index < -0.39 is 0 Å². The monoisotopic (exact) mass is 269 g/mol. The van der Waals surface area contributed by atoms with E-state index in [0.717, 1.165) is 48.7 Å². The summed E-state index contributed by atoms with van der Waals surface area (Å²) >= 11 is 0. The molecule has 106 valence electrons. The molecule has 20 heavy (non-hydrogen) atoms. The number of rotatable bonds is 6. The van der Waals surface area contributed by atoms with Gasteiger partial charge in [0.05, 0.1) is 0 Å². The number of nitrogens with zero attached hydrogens (tertiary/aromatic N) is 2. The van der Waals surface area contributed by atoms with Gasteiger partial charge in [-0.1, -0.05) is 45.0 Å². The first kappa shape index (κ1) is 14.5. The minimum absolute atomic E-state index is 0.834. The minimum atomic E-state index is 0.834. The topological polar surface area (TPSA) is 37.8 Å². The molecule has 1 aromatic heterocycles. The van der Waals surface area contributed by atoms with Gasteiger partial charge < -0.3 is 5.32 Å². The first-order valence-electron chi connectivity index (χ1n) is 7.48. The van der Waals surface area contributed by atoms with E-state index in [1.807, 2.05) is 6.07 Å². The molecule has 1 heterocycles. The van der Waals surface area contributed by atoms with Crippen LogP contribution < -0.4 is 5.32 Å². The Labute approximate surface area is 121 Å². The fourth-order valence-electron chi connectivity index (χ4n) is 2.19. The Hall–Kier alpha value is -1.90. The highest BCUT2D eigenvalue weighted by Gasteiger charge is 2.09. The number of benzene rings is 1. The van der Waals surface area contributed by atoms with Crippen LogP contribution in [0.25, 0.3) is 11.4 Å². The fraction of sp³-hybridized carbons (Fsp3) is 0.412. The molecule has 1 N–H and O–H groups in total. The van der Waals surface area contributed by atoms with Crippen molar-refractivity contribution in [3.05, 3.63) is 41.6 Å². The van der Waals surface area contributed by atoms with Gasteiger partial charge in [0.25, 0.3) is 0 Å². The predicted molar refractivity (Wildman–Crippen MR) is 85.0 cm³/mol. The van der Waals surface area contributed by atoms with Crippen LogP contribution in [0, 0.1) is 0 Å². The zero-order valence-corrected chi connectivity index (χ0v) is 12.6. The molecular weight excluding hydrogens is 246 g/mol. The van der Waals surface area contributed by atoms with Crippen LogP contribution in [0.2, 0.25) is 0 Å². The van der Waals surface area contributed by atoms with E-state index in [1.165, 1.54) is 5.56 Å². The van der Waals surface area contributed by atoms with Crippen LogP contribution in [0.1, 0.15) is 38.4 Å². The molecule has 0 aliphatic rings. The molecule has 1 aromatic carbocycles. The Morgan fingerprint density at radius 1 is 1.00 bits per heavy atom. The van der Waals surface area contributed by atoms with E-state index in [-0.39, 0.29) is 0 Å². The van der Waals surface area contributed by atoms with Crippen molar-refractivity contribution in [2.75, 3.05) is 11.9 Å². The molecule has 2 rings (SSSR count). The average Bonchev–Trinajstić information content (AvgIpc) is 2.52. The Balaban J connectivity index is 2.44. The molecule has 0 spiro atoms. The van der Waals surface area contributed by atoms with Crippen molar-refractivity contribution in [1.29, 1.82) is 0 Å². The maximum absolute atomic E-state index is 4.69. The molecule has 3 heteroatoms. The van der Waals surface area contributed by atoms with E-state index in [0.29, 0.717) is 0 Å². The average molecular weight is 269 g/mol. The third-order valence-corrected chi connectivity index (χ3v) is 3.34. The van der Waals surface area contributed by atoms with E-state index in [9.17, 15) is 0 Å². The Morgan fingerprint density at radius 3 is 2.50 bits per heavy atom. The van der Waals surface area contributed by atoms with E-state index in [1.54, 1.807) is 0 Å². The van der Waals surface area contributed by atoms with Gasteiger partial charge in [0.2, 0.25) is 0 Å². The second-order valence-electron chi connectivity index (χ2n) is 4.86. The van der Waals surface area contributed by atoms with Gasteiger partial charge in [-0.25, -0.2) is 9.97 Å². The van der Waals surface area contributed by atoms with Crippen LogP contribution in [0.5, 0.6) is 0 Å². The smallest absolute Gasteiger partial charge is 0.162 e. The summed E-state index contributed by atoms with van der Waals surface area (Å²) < 4.78 is 0. The lowest BCUT2D eigenvalue weighted by molar-refractivity contribution is 0.950. The molecular formula is C17H23N3. The molecule has 0 unspecified atom stereocenters. The zero-order chi connectivity index (χ0) is 14.4. The molecule has 0 aliphatic carbocycles. The standard InChI is InChI=1S/C17H23N3/c1-4-11-18-16-12-14(6-3)19-17(20-16)15-10-8-7-9-13(15)5-2/h7-10,12H,4-6,11H2,1-3H3,(H,18,19,20). The van der Waals surface area contributed by atoms with Crippen LogP contribution in [0.4, 0.5) is 5.82 Å². The molecule has 3 nitrogen and oxygen atoms in total. The van der Waals surface area contributed by atoms with E-state index in [2.05, 4.69) is 60.3 Å². The second kappa shape index (κ2) is 7.04. The molecule has 0 fully saturated rings. The minimum Gasteiger partial charge on any atom is -0.370 e. The lowest BCUT2D eigenvalue weighted by atomic mass is 10.0. The van der Waals surface area contributed by atoms with Crippen LogP contribution in [0.15, 0.2) is 30.3 Å². The highest BCUT2D eigenvalue weighted by Crippen LogP contribution is 2.22. The molecule has 0 aliphatic heterocycles. The van der Waals surface area contributed by atoms with Crippen LogP contribution in [-0.4, -0.2) is 16.5 Å². The molecule has 0 radical (unpaired) electrons. The predicted octanol–water partition coefficient (Wildman–Crippen LogP) is 4.09. The van der Waals surface area contributed by atoms with E-state index >= 15 is 0 Å². The Bertz CT molecular complexity index is 564. The van der Waals surface area contributed by atoms with Crippen LogP contribution >= 0.6 is 0 Å². The molecule has 0 atom stereocenters. The van der Waals surface area contributed by atoms with Crippen molar-refractivity contribution in [2.24, 2.45) is 0 Å². The van der Waals surface area contributed by atoms with Gasteiger partial charge in [0.1, 0.15) is 5.82 Å². The molecule has 0 saturated carbocycles. The quantitative estimate of drug-likeness (QED) is 0.858. The molecule has 0 amide bonds. The summed E-state index contributed by atoms with van der Waals surface area (Å²) in [4.78, 5) is 9.36. The number of aryl methyl sites for hydroxylation is 2. The van der Waals surface area contributed by atoms with Crippen LogP contribution in [-0.2, 0) is 12.8 Å². The van der Waals surface area contributed by atoms with Crippen molar-refractivity contribution in [3.8, 4) is 11.4 Å².